The summed E-state index contributed by atoms with van der Waals surface area (Å²) in [5.41, 5.74) is -3.20. The van der Waals surface area contributed by atoms with E-state index in [0.29, 0.717) is 16.1 Å². The van der Waals surface area contributed by atoms with Crippen LogP contribution in [-0.4, -0.2) is 5.90 Å². The summed E-state index contributed by atoms with van der Waals surface area (Å²) in [6, 6.07) is 17.6. The van der Waals surface area contributed by atoms with Crippen LogP contribution in [0.4, 0.5) is 4.39 Å². The lowest BCUT2D eigenvalue weighted by atomic mass is 9.53. The quantitative estimate of drug-likeness (QED) is 0.763. The molecule has 2 aromatic rings. The third-order valence-corrected chi connectivity index (χ3v) is 6.34. The second kappa shape index (κ2) is 6.54. The summed E-state index contributed by atoms with van der Waals surface area (Å²) in [6.45, 7) is 1.61. The van der Waals surface area contributed by atoms with E-state index in [9.17, 15) is 20.2 Å². The van der Waals surface area contributed by atoms with Crippen LogP contribution in [0.1, 0.15) is 24.2 Å². The fourth-order valence-electron chi connectivity index (χ4n) is 4.49. The molecule has 8 heteroatoms. The average molecular weight is 421 g/mol. The predicted molar refractivity (Wildman–Crippen MR) is 103 cm³/mol. The van der Waals surface area contributed by atoms with E-state index in [1.54, 1.807) is 31.2 Å². The molecule has 30 heavy (non-hydrogen) atoms. The molecule has 4 unspecified atom stereocenters. The minimum atomic E-state index is -2.09. The summed E-state index contributed by atoms with van der Waals surface area (Å²) in [7, 11) is 0. The molecule has 148 valence electrons. The highest BCUT2D eigenvalue weighted by molar-refractivity contribution is 6.30. The molecule has 2 aliphatic heterocycles. The van der Waals surface area contributed by atoms with Crippen molar-refractivity contribution in [1.82, 2.24) is 0 Å². The fraction of sp³-hybridized carbons (Fsp3) is 0.273. The van der Waals surface area contributed by atoms with Crippen molar-refractivity contribution < 1.29 is 13.9 Å². The molecule has 1 N–H and O–H groups in total. The number of nitriles is 3. The van der Waals surface area contributed by atoms with Crippen LogP contribution in [-0.2, 0) is 15.3 Å². The standard InChI is InChI=1S/C22H14ClFN4O2/c1-13-21(12-27)19(28)30-22(13,15-4-6-16(23)7-5-15)29-18(20(21,10-25)11-26)14-2-8-17(24)9-3-14/h2-9,13,18,28H,1H3. The van der Waals surface area contributed by atoms with Crippen LogP contribution in [0.2, 0.25) is 5.02 Å². The zero-order valence-electron chi connectivity index (χ0n) is 15.7. The first-order valence-electron chi connectivity index (χ1n) is 9.02. The highest BCUT2D eigenvalue weighted by Gasteiger charge is 2.79. The van der Waals surface area contributed by atoms with Crippen molar-refractivity contribution in [2.24, 2.45) is 16.7 Å². The molecule has 4 atom stereocenters. The lowest BCUT2D eigenvalue weighted by Crippen LogP contribution is -2.57. The highest BCUT2D eigenvalue weighted by Crippen LogP contribution is 2.68. The third-order valence-electron chi connectivity index (χ3n) is 6.09. The summed E-state index contributed by atoms with van der Waals surface area (Å²) < 4.78 is 25.7. The molecule has 2 aliphatic rings. The minimum Gasteiger partial charge on any atom is -0.443 e. The molecule has 0 aromatic heterocycles. The highest BCUT2D eigenvalue weighted by atomic mass is 35.5. The second-order valence-electron chi connectivity index (χ2n) is 7.33. The van der Waals surface area contributed by atoms with Crippen LogP contribution < -0.4 is 0 Å². The van der Waals surface area contributed by atoms with Gasteiger partial charge in [0.05, 0.1) is 24.1 Å². The van der Waals surface area contributed by atoms with Gasteiger partial charge in [0.1, 0.15) is 11.9 Å². The van der Waals surface area contributed by atoms with Gasteiger partial charge in [-0.25, -0.2) is 4.39 Å². The number of hydrogen-bond donors (Lipinski definition) is 1. The molecule has 4 rings (SSSR count). The van der Waals surface area contributed by atoms with Gasteiger partial charge in [0.2, 0.25) is 17.1 Å². The Balaban J connectivity index is 2.03. The topological polar surface area (TPSA) is 114 Å². The molecule has 2 aromatic carbocycles. The predicted octanol–water partition coefficient (Wildman–Crippen LogP) is 4.59. The van der Waals surface area contributed by atoms with Crippen LogP contribution in [0.25, 0.3) is 0 Å². The van der Waals surface area contributed by atoms with E-state index in [1.165, 1.54) is 24.3 Å². The van der Waals surface area contributed by atoms with Gasteiger partial charge in [-0.05, 0) is 29.8 Å². The van der Waals surface area contributed by atoms with Crippen LogP contribution >= 0.6 is 11.6 Å². The number of nitrogens with zero attached hydrogens (tertiary/aromatic N) is 3. The zero-order valence-corrected chi connectivity index (χ0v) is 16.4. The van der Waals surface area contributed by atoms with Crippen molar-refractivity contribution in [3.63, 3.8) is 0 Å². The van der Waals surface area contributed by atoms with Crippen LogP contribution in [0.15, 0.2) is 48.5 Å². The maximum Gasteiger partial charge on any atom is 0.244 e. The van der Waals surface area contributed by atoms with Crippen molar-refractivity contribution >= 4 is 17.5 Å². The largest absolute Gasteiger partial charge is 0.443 e. The van der Waals surface area contributed by atoms with Crippen LogP contribution in [0.3, 0.4) is 0 Å². The van der Waals surface area contributed by atoms with Crippen molar-refractivity contribution in [3.8, 4) is 18.2 Å². The fourth-order valence-corrected chi connectivity index (χ4v) is 4.61. The Morgan fingerprint density at radius 3 is 2.13 bits per heavy atom. The Morgan fingerprint density at radius 2 is 1.60 bits per heavy atom. The molecule has 0 aliphatic carbocycles. The molecule has 0 spiro atoms. The van der Waals surface area contributed by atoms with Crippen molar-refractivity contribution in [3.05, 3.63) is 70.5 Å². The maximum absolute atomic E-state index is 13.5. The van der Waals surface area contributed by atoms with Gasteiger partial charge >= 0.3 is 0 Å². The Kier molecular flexibility index (Phi) is 4.33. The molecular weight excluding hydrogens is 407 g/mol. The lowest BCUT2D eigenvalue weighted by molar-refractivity contribution is -0.288. The zero-order chi connectivity index (χ0) is 21.7. The van der Waals surface area contributed by atoms with Gasteiger partial charge in [-0.1, -0.05) is 42.8 Å². The first-order chi connectivity index (χ1) is 14.3. The van der Waals surface area contributed by atoms with E-state index in [-0.39, 0.29) is 0 Å². The Bertz CT molecular complexity index is 1150. The summed E-state index contributed by atoms with van der Waals surface area (Å²) in [6.07, 6.45) is -1.28. The van der Waals surface area contributed by atoms with E-state index in [1.807, 2.05) is 18.2 Å². The van der Waals surface area contributed by atoms with E-state index >= 15 is 0 Å². The number of halogens is 2. The lowest BCUT2D eigenvalue weighted by Gasteiger charge is -2.48. The molecule has 2 heterocycles. The number of benzene rings is 2. The van der Waals surface area contributed by atoms with E-state index < -0.39 is 40.4 Å². The Morgan fingerprint density at radius 1 is 1.00 bits per heavy atom. The van der Waals surface area contributed by atoms with E-state index in [2.05, 4.69) is 0 Å². The van der Waals surface area contributed by atoms with Crippen molar-refractivity contribution in [1.29, 1.82) is 21.2 Å². The van der Waals surface area contributed by atoms with Gasteiger partial charge in [0, 0.05) is 10.6 Å². The number of rotatable bonds is 2. The first-order valence-corrected chi connectivity index (χ1v) is 9.40. The molecule has 0 radical (unpaired) electrons. The SMILES string of the molecule is CC1C2(c3ccc(Cl)cc3)OC(=N)C1(C#N)C(C#N)(C#N)C(c1ccc(F)cc1)O2. The Hall–Kier alpha value is -3.44. The first kappa shape index (κ1) is 19.9. The van der Waals surface area contributed by atoms with Gasteiger partial charge in [-0.15, -0.1) is 0 Å². The molecular formula is C22H14ClFN4O2. The van der Waals surface area contributed by atoms with Gasteiger partial charge in [-0.3, -0.25) is 5.41 Å². The Labute approximate surface area is 177 Å². The van der Waals surface area contributed by atoms with Gasteiger partial charge in [-0.2, -0.15) is 15.8 Å². The van der Waals surface area contributed by atoms with Gasteiger partial charge in [0.15, 0.2) is 5.41 Å². The molecule has 0 saturated carbocycles. The number of ether oxygens (including phenoxy) is 2. The van der Waals surface area contributed by atoms with Gasteiger partial charge < -0.3 is 9.47 Å². The van der Waals surface area contributed by atoms with E-state index in [4.69, 9.17) is 26.5 Å². The monoisotopic (exact) mass is 420 g/mol. The number of hydrogen-bond acceptors (Lipinski definition) is 6. The van der Waals surface area contributed by atoms with Crippen LogP contribution in [0, 0.1) is 62.0 Å². The minimum absolute atomic E-state index is 0.322. The second-order valence-corrected chi connectivity index (χ2v) is 7.76. The smallest absolute Gasteiger partial charge is 0.244 e. The molecule has 0 amide bonds. The summed E-state index contributed by atoms with van der Waals surface area (Å²) in [5, 5.41) is 39.4. The summed E-state index contributed by atoms with van der Waals surface area (Å²) in [4.78, 5) is 0. The number of nitrogens with one attached hydrogen (secondary N) is 1. The molecule has 2 fully saturated rings. The molecule has 2 saturated heterocycles. The van der Waals surface area contributed by atoms with Crippen molar-refractivity contribution in [2.45, 2.75) is 18.8 Å². The average Bonchev–Trinajstić information content (AvgIpc) is 2.91. The molecule has 6 nitrogen and oxygen atoms in total. The third kappa shape index (κ3) is 2.21. The molecule has 2 bridgehead atoms. The van der Waals surface area contributed by atoms with Gasteiger partial charge in [0.25, 0.3) is 0 Å². The van der Waals surface area contributed by atoms with Crippen molar-refractivity contribution in [2.75, 3.05) is 0 Å². The van der Waals surface area contributed by atoms with E-state index in [0.717, 1.165) is 0 Å². The maximum atomic E-state index is 13.5. The van der Waals surface area contributed by atoms with Crippen LogP contribution in [0.5, 0.6) is 0 Å². The summed E-state index contributed by atoms with van der Waals surface area (Å²) >= 11 is 6.00. The summed E-state index contributed by atoms with van der Waals surface area (Å²) in [5.74, 6) is -3.50. The normalized spacial score (nSPS) is 31.1. The number of fused-ring (bicyclic) bond motifs is 2.